The molecule has 11 rings (SSSR count). The molecule has 9 aromatic carbocycles. The normalized spacial score (nSPS) is 14.8. The lowest BCUT2D eigenvalue weighted by Gasteiger charge is -2.42. The van der Waals surface area contributed by atoms with Crippen molar-refractivity contribution < 1.29 is 0 Å². The van der Waals surface area contributed by atoms with Crippen molar-refractivity contribution in [3.63, 3.8) is 0 Å². The lowest BCUT2D eigenvalue weighted by atomic mass is 9.66. The first-order valence-corrected chi connectivity index (χ1v) is 20.0. The predicted molar refractivity (Wildman–Crippen MR) is 235 cm³/mol. The third-order valence-electron chi connectivity index (χ3n) is 11.5. The number of para-hydroxylation sites is 4. The van der Waals surface area contributed by atoms with Crippen LogP contribution in [-0.2, 0) is 5.41 Å². The van der Waals surface area contributed by atoms with Crippen molar-refractivity contribution in [3.05, 3.63) is 241 Å². The fraction of sp³-hybridized carbons (Fsp3) is 0.0189. The van der Waals surface area contributed by atoms with Crippen LogP contribution in [0.2, 0.25) is 0 Å². The summed E-state index contributed by atoms with van der Waals surface area (Å²) < 4.78 is 0. The van der Waals surface area contributed by atoms with Gasteiger partial charge in [-0.2, -0.15) is 0 Å². The van der Waals surface area contributed by atoms with Crippen molar-refractivity contribution in [2.45, 2.75) is 15.2 Å². The van der Waals surface area contributed by atoms with Crippen LogP contribution in [-0.4, -0.2) is 0 Å². The van der Waals surface area contributed by atoms with Gasteiger partial charge in [-0.3, -0.25) is 0 Å². The summed E-state index contributed by atoms with van der Waals surface area (Å²) in [6, 6.07) is 79.9. The highest BCUT2D eigenvalue weighted by Gasteiger charge is 2.52. The molecule has 0 bridgehead atoms. The summed E-state index contributed by atoms with van der Waals surface area (Å²) in [6.45, 7) is 0. The van der Waals surface area contributed by atoms with Gasteiger partial charge >= 0.3 is 0 Å². The Kier molecular flexibility index (Phi) is 7.68. The molecule has 9 aromatic rings. The van der Waals surface area contributed by atoms with Gasteiger partial charge < -0.3 is 9.80 Å². The average Bonchev–Trinajstić information content (AvgIpc) is 3.55. The Hall–Kier alpha value is -6.81. The second-order valence-corrected chi connectivity index (χ2v) is 15.5. The van der Waals surface area contributed by atoms with E-state index in [0.29, 0.717) is 0 Å². The summed E-state index contributed by atoms with van der Waals surface area (Å²) in [5.41, 5.74) is 14.1. The Morgan fingerprint density at radius 3 is 1.55 bits per heavy atom. The third-order valence-corrected chi connectivity index (χ3v) is 12.7. The molecule has 1 aliphatic carbocycles. The Morgan fingerprint density at radius 2 is 0.893 bits per heavy atom. The number of rotatable bonds is 6. The molecule has 1 spiro atoms. The number of nitrogens with zero attached hydrogens (tertiary/aromatic N) is 2. The van der Waals surface area contributed by atoms with E-state index >= 15 is 0 Å². The van der Waals surface area contributed by atoms with Crippen molar-refractivity contribution >= 4 is 56.7 Å². The maximum absolute atomic E-state index is 2.43. The summed E-state index contributed by atoms with van der Waals surface area (Å²) >= 11 is 1.90. The molecular weight excluding hydrogens is 697 g/mol. The zero-order chi connectivity index (χ0) is 37.1. The molecule has 264 valence electrons. The Morgan fingerprint density at radius 1 is 0.357 bits per heavy atom. The first kappa shape index (κ1) is 32.6. The molecule has 0 saturated carbocycles. The molecule has 0 aromatic heterocycles. The van der Waals surface area contributed by atoms with Crippen molar-refractivity contribution in [2.75, 3.05) is 9.80 Å². The molecule has 2 aliphatic rings. The van der Waals surface area contributed by atoms with Gasteiger partial charge in [-0.15, -0.1) is 0 Å². The first-order chi connectivity index (χ1) is 27.8. The van der Waals surface area contributed by atoms with Crippen LogP contribution in [0.3, 0.4) is 0 Å². The fourth-order valence-corrected chi connectivity index (χ4v) is 10.5. The van der Waals surface area contributed by atoms with Crippen LogP contribution in [0.15, 0.2) is 228 Å². The summed E-state index contributed by atoms with van der Waals surface area (Å²) in [7, 11) is 0. The van der Waals surface area contributed by atoms with Crippen LogP contribution >= 0.6 is 11.8 Å². The molecule has 2 nitrogen and oxygen atoms in total. The predicted octanol–water partition coefficient (Wildman–Crippen LogP) is 14.6. The van der Waals surface area contributed by atoms with Gasteiger partial charge in [0.1, 0.15) is 0 Å². The summed E-state index contributed by atoms with van der Waals surface area (Å²) in [5.74, 6) is 0. The highest BCUT2D eigenvalue weighted by Crippen LogP contribution is 2.65. The monoisotopic (exact) mass is 732 g/mol. The van der Waals surface area contributed by atoms with E-state index in [4.69, 9.17) is 0 Å². The zero-order valence-corrected chi connectivity index (χ0v) is 31.4. The van der Waals surface area contributed by atoms with E-state index in [9.17, 15) is 0 Å². The summed E-state index contributed by atoms with van der Waals surface area (Å²) in [4.78, 5) is 7.35. The summed E-state index contributed by atoms with van der Waals surface area (Å²) in [6.07, 6.45) is 0. The smallest absolute Gasteiger partial charge is 0.0742 e. The van der Waals surface area contributed by atoms with Crippen molar-refractivity contribution in [1.82, 2.24) is 0 Å². The molecule has 1 atom stereocenters. The Labute approximate surface area is 332 Å². The van der Waals surface area contributed by atoms with Crippen molar-refractivity contribution in [1.29, 1.82) is 0 Å². The maximum Gasteiger partial charge on any atom is 0.0742 e. The number of benzene rings is 9. The lowest BCUT2D eigenvalue weighted by molar-refractivity contribution is 0.730. The lowest BCUT2D eigenvalue weighted by Crippen LogP contribution is -2.33. The standard InChI is InChI=1S/C53H36N2S/c1-5-19-38(20-6-1)54(39-21-7-2-8-22-39)42-33-34-47-45(36-42)44-28-15-16-29-46(44)53(47)48-30-17-31-49(55(40-23-9-3-10-24-40)41-25-11-4-12-26-41)52(48)56-50-35-32-37-18-13-14-27-43(37)51(50)53/h1-36H. The van der Waals surface area contributed by atoms with Crippen LogP contribution in [0, 0.1) is 0 Å². The molecule has 56 heavy (non-hydrogen) atoms. The van der Waals surface area contributed by atoms with Crippen LogP contribution in [0.4, 0.5) is 34.1 Å². The highest BCUT2D eigenvalue weighted by molar-refractivity contribution is 7.99. The van der Waals surface area contributed by atoms with Crippen LogP contribution in [0.25, 0.3) is 21.9 Å². The molecule has 3 heteroatoms. The molecule has 0 amide bonds. The van der Waals surface area contributed by atoms with E-state index in [-0.39, 0.29) is 0 Å². The van der Waals surface area contributed by atoms with Gasteiger partial charge in [0.05, 0.1) is 11.1 Å². The van der Waals surface area contributed by atoms with E-state index in [1.54, 1.807) is 0 Å². The van der Waals surface area contributed by atoms with Gasteiger partial charge in [0.15, 0.2) is 0 Å². The van der Waals surface area contributed by atoms with Gasteiger partial charge in [-0.05, 0) is 117 Å². The molecule has 1 unspecified atom stereocenters. The van der Waals surface area contributed by atoms with E-state index in [1.807, 2.05) is 11.8 Å². The quantitative estimate of drug-likeness (QED) is 0.168. The zero-order valence-electron chi connectivity index (χ0n) is 30.6. The van der Waals surface area contributed by atoms with Crippen LogP contribution < -0.4 is 9.80 Å². The number of hydrogen-bond acceptors (Lipinski definition) is 3. The second kappa shape index (κ2) is 13.2. The van der Waals surface area contributed by atoms with Crippen molar-refractivity contribution in [2.24, 2.45) is 0 Å². The fourth-order valence-electron chi connectivity index (χ4n) is 9.22. The number of fused-ring (bicyclic) bond motifs is 11. The maximum atomic E-state index is 2.43. The van der Waals surface area contributed by atoms with Crippen LogP contribution in [0.5, 0.6) is 0 Å². The van der Waals surface area contributed by atoms with E-state index in [1.165, 1.54) is 59.6 Å². The first-order valence-electron chi connectivity index (χ1n) is 19.2. The molecule has 1 heterocycles. The third kappa shape index (κ3) is 4.91. The molecule has 1 aliphatic heterocycles. The van der Waals surface area contributed by atoms with Gasteiger partial charge in [0, 0.05) is 38.2 Å². The number of hydrogen-bond donors (Lipinski definition) is 0. The van der Waals surface area contributed by atoms with Crippen LogP contribution in [0.1, 0.15) is 22.3 Å². The average molecular weight is 733 g/mol. The number of anilines is 6. The minimum atomic E-state index is -0.569. The van der Waals surface area contributed by atoms with E-state index < -0.39 is 5.41 Å². The Bertz CT molecular complexity index is 2810. The summed E-state index contributed by atoms with van der Waals surface area (Å²) in [5, 5.41) is 2.54. The molecule has 0 radical (unpaired) electrons. The highest BCUT2D eigenvalue weighted by atomic mass is 32.2. The van der Waals surface area contributed by atoms with E-state index in [2.05, 4.69) is 228 Å². The van der Waals surface area contributed by atoms with Gasteiger partial charge in [-0.1, -0.05) is 157 Å². The van der Waals surface area contributed by atoms with Gasteiger partial charge in [0.2, 0.25) is 0 Å². The largest absolute Gasteiger partial charge is 0.310 e. The van der Waals surface area contributed by atoms with Gasteiger partial charge in [-0.25, -0.2) is 0 Å². The molecule has 0 N–H and O–H groups in total. The molecular formula is C53H36N2S. The minimum absolute atomic E-state index is 0.569. The van der Waals surface area contributed by atoms with E-state index in [0.717, 1.165) is 28.4 Å². The topological polar surface area (TPSA) is 6.48 Å². The van der Waals surface area contributed by atoms with Gasteiger partial charge in [0.25, 0.3) is 0 Å². The molecule has 0 saturated heterocycles. The van der Waals surface area contributed by atoms with Crippen molar-refractivity contribution in [3.8, 4) is 11.1 Å². The Balaban J connectivity index is 1.23. The SMILES string of the molecule is c1ccc(N(c2ccccc2)c2ccc3c(c2)-c2ccccc2C32c3cccc(N(c4ccccc4)c4ccccc4)c3Sc3ccc4ccccc4c32)cc1. The molecule has 0 fully saturated rings. The second-order valence-electron chi connectivity index (χ2n) is 14.5. The minimum Gasteiger partial charge on any atom is -0.310 e.